The highest BCUT2D eigenvalue weighted by atomic mass is 35.5. The van der Waals surface area contributed by atoms with Crippen molar-refractivity contribution in [1.29, 1.82) is 0 Å². The highest BCUT2D eigenvalue weighted by Crippen LogP contribution is 2.28. The number of aliphatic hydroxyl groups excluding tert-OH is 1. The predicted octanol–water partition coefficient (Wildman–Crippen LogP) is 2.07. The SMILES string of the molecule is Cc1ccc(Cl)cc1NCC1(CO)COC1. The molecule has 0 saturated carbocycles. The van der Waals surface area contributed by atoms with Gasteiger partial charge in [0.05, 0.1) is 25.2 Å². The minimum Gasteiger partial charge on any atom is -0.396 e. The fourth-order valence-electron chi connectivity index (χ4n) is 1.71. The molecule has 16 heavy (non-hydrogen) atoms. The van der Waals surface area contributed by atoms with Gasteiger partial charge in [0.1, 0.15) is 0 Å². The molecule has 0 radical (unpaired) electrons. The lowest BCUT2D eigenvalue weighted by Gasteiger charge is -2.40. The summed E-state index contributed by atoms with van der Waals surface area (Å²) < 4.78 is 5.15. The third-order valence-corrected chi connectivity index (χ3v) is 3.24. The molecule has 1 aromatic carbocycles. The Hall–Kier alpha value is -0.770. The highest BCUT2D eigenvalue weighted by Gasteiger charge is 2.37. The van der Waals surface area contributed by atoms with E-state index < -0.39 is 0 Å². The van der Waals surface area contributed by atoms with Crippen LogP contribution in [0.3, 0.4) is 0 Å². The second-order valence-corrected chi connectivity index (χ2v) is 4.90. The lowest BCUT2D eigenvalue weighted by molar-refractivity contribution is -0.128. The van der Waals surface area contributed by atoms with E-state index in [0.29, 0.717) is 19.8 Å². The van der Waals surface area contributed by atoms with Crippen molar-refractivity contribution >= 4 is 17.3 Å². The fourth-order valence-corrected chi connectivity index (χ4v) is 1.88. The smallest absolute Gasteiger partial charge is 0.0584 e. The second kappa shape index (κ2) is 4.62. The number of hydrogen-bond acceptors (Lipinski definition) is 3. The minimum absolute atomic E-state index is 0.116. The molecule has 0 spiro atoms. The molecular formula is C12H16ClNO2. The Balaban J connectivity index is 2.01. The third kappa shape index (κ3) is 2.32. The summed E-state index contributed by atoms with van der Waals surface area (Å²) in [5, 5.41) is 13.3. The summed E-state index contributed by atoms with van der Waals surface area (Å²) in [7, 11) is 0. The molecule has 2 N–H and O–H groups in total. The summed E-state index contributed by atoms with van der Waals surface area (Å²) in [6, 6.07) is 5.76. The van der Waals surface area contributed by atoms with Crippen LogP contribution in [0.4, 0.5) is 5.69 Å². The van der Waals surface area contributed by atoms with Crippen LogP contribution in [0.1, 0.15) is 5.56 Å². The van der Waals surface area contributed by atoms with E-state index in [-0.39, 0.29) is 12.0 Å². The van der Waals surface area contributed by atoms with Crippen LogP contribution in [0.15, 0.2) is 18.2 Å². The maximum Gasteiger partial charge on any atom is 0.0584 e. The number of ether oxygens (including phenoxy) is 1. The van der Waals surface area contributed by atoms with E-state index in [9.17, 15) is 5.11 Å². The molecule has 3 nitrogen and oxygen atoms in total. The first-order chi connectivity index (χ1) is 7.65. The van der Waals surface area contributed by atoms with Gasteiger partial charge in [-0.2, -0.15) is 0 Å². The molecule has 0 unspecified atom stereocenters. The Bertz CT molecular complexity index is 372. The van der Waals surface area contributed by atoms with Crippen molar-refractivity contribution in [2.45, 2.75) is 6.92 Å². The van der Waals surface area contributed by atoms with E-state index in [4.69, 9.17) is 16.3 Å². The van der Waals surface area contributed by atoms with Crippen LogP contribution in [0.5, 0.6) is 0 Å². The molecule has 0 amide bonds. The first-order valence-electron chi connectivity index (χ1n) is 5.34. The van der Waals surface area contributed by atoms with Crippen molar-refractivity contribution < 1.29 is 9.84 Å². The van der Waals surface area contributed by atoms with Gasteiger partial charge < -0.3 is 15.2 Å². The molecule has 2 rings (SSSR count). The zero-order valence-electron chi connectivity index (χ0n) is 9.29. The molecule has 1 aromatic rings. The lowest BCUT2D eigenvalue weighted by Crippen LogP contribution is -2.50. The van der Waals surface area contributed by atoms with Gasteiger partial charge in [0.15, 0.2) is 0 Å². The van der Waals surface area contributed by atoms with Crippen molar-refractivity contribution in [3.05, 3.63) is 28.8 Å². The fraction of sp³-hybridized carbons (Fsp3) is 0.500. The molecule has 0 atom stereocenters. The first kappa shape index (κ1) is 11.7. The number of benzene rings is 1. The summed E-state index contributed by atoms with van der Waals surface area (Å²) in [4.78, 5) is 0. The van der Waals surface area contributed by atoms with Gasteiger partial charge in [-0.05, 0) is 24.6 Å². The maximum atomic E-state index is 9.29. The third-order valence-electron chi connectivity index (χ3n) is 3.01. The average molecular weight is 242 g/mol. The Labute approximate surface area is 100 Å². The molecule has 1 heterocycles. The van der Waals surface area contributed by atoms with Gasteiger partial charge in [0.25, 0.3) is 0 Å². The molecule has 88 valence electrons. The summed E-state index contributed by atoms with van der Waals surface area (Å²) in [5.41, 5.74) is 2.05. The van der Waals surface area contributed by atoms with Crippen LogP contribution < -0.4 is 5.32 Å². The second-order valence-electron chi connectivity index (χ2n) is 4.46. The van der Waals surface area contributed by atoms with Crippen LogP contribution in [-0.4, -0.2) is 31.5 Å². The van der Waals surface area contributed by atoms with Crippen molar-refractivity contribution in [2.24, 2.45) is 5.41 Å². The quantitative estimate of drug-likeness (QED) is 0.848. The lowest BCUT2D eigenvalue weighted by atomic mass is 9.87. The Morgan fingerprint density at radius 3 is 2.81 bits per heavy atom. The van der Waals surface area contributed by atoms with E-state index in [1.807, 2.05) is 25.1 Å². The topological polar surface area (TPSA) is 41.5 Å². The van der Waals surface area contributed by atoms with Gasteiger partial charge in [0.2, 0.25) is 0 Å². The Morgan fingerprint density at radius 1 is 1.50 bits per heavy atom. The van der Waals surface area contributed by atoms with Crippen LogP contribution >= 0.6 is 11.6 Å². The Morgan fingerprint density at radius 2 is 2.25 bits per heavy atom. The van der Waals surface area contributed by atoms with E-state index in [1.54, 1.807) is 0 Å². The van der Waals surface area contributed by atoms with Crippen LogP contribution in [0.2, 0.25) is 5.02 Å². The molecule has 0 aromatic heterocycles. The number of halogens is 1. The van der Waals surface area contributed by atoms with Gasteiger partial charge in [0, 0.05) is 17.3 Å². The first-order valence-corrected chi connectivity index (χ1v) is 5.72. The van der Waals surface area contributed by atoms with E-state index in [1.165, 1.54) is 0 Å². The van der Waals surface area contributed by atoms with Crippen LogP contribution in [0.25, 0.3) is 0 Å². The van der Waals surface area contributed by atoms with E-state index in [2.05, 4.69) is 5.32 Å². The van der Waals surface area contributed by atoms with Gasteiger partial charge in [-0.3, -0.25) is 0 Å². The van der Waals surface area contributed by atoms with E-state index in [0.717, 1.165) is 16.3 Å². The highest BCUT2D eigenvalue weighted by molar-refractivity contribution is 6.30. The van der Waals surface area contributed by atoms with Crippen molar-refractivity contribution in [3.63, 3.8) is 0 Å². The number of aryl methyl sites for hydroxylation is 1. The van der Waals surface area contributed by atoms with Crippen molar-refractivity contribution in [3.8, 4) is 0 Å². The van der Waals surface area contributed by atoms with E-state index >= 15 is 0 Å². The van der Waals surface area contributed by atoms with Gasteiger partial charge >= 0.3 is 0 Å². The molecule has 1 fully saturated rings. The molecular weight excluding hydrogens is 226 g/mol. The number of anilines is 1. The van der Waals surface area contributed by atoms with Crippen LogP contribution in [-0.2, 0) is 4.74 Å². The zero-order chi connectivity index (χ0) is 11.6. The summed E-state index contributed by atoms with van der Waals surface area (Å²) in [6.45, 7) is 4.14. The summed E-state index contributed by atoms with van der Waals surface area (Å²) >= 11 is 5.93. The summed E-state index contributed by atoms with van der Waals surface area (Å²) in [5.74, 6) is 0. The molecule has 0 bridgehead atoms. The number of aliphatic hydroxyl groups is 1. The predicted molar refractivity (Wildman–Crippen MR) is 65.0 cm³/mol. The van der Waals surface area contributed by atoms with Gasteiger partial charge in [-0.15, -0.1) is 0 Å². The molecule has 1 aliphatic heterocycles. The maximum absolute atomic E-state index is 9.29. The number of hydrogen-bond donors (Lipinski definition) is 2. The molecule has 0 aliphatic carbocycles. The van der Waals surface area contributed by atoms with Gasteiger partial charge in [-0.25, -0.2) is 0 Å². The largest absolute Gasteiger partial charge is 0.396 e. The zero-order valence-corrected chi connectivity index (χ0v) is 10.0. The standard InChI is InChI=1S/C12H16ClNO2/c1-9-2-3-10(13)4-11(9)14-5-12(6-15)7-16-8-12/h2-4,14-15H,5-8H2,1H3. The number of nitrogens with one attached hydrogen (secondary N) is 1. The van der Waals surface area contributed by atoms with Crippen molar-refractivity contribution in [2.75, 3.05) is 31.7 Å². The average Bonchev–Trinajstić information content (AvgIpc) is 2.22. The normalized spacial score (nSPS) is 17.9. The van der Waals surface area contributed by atoms with Gasteiger partial charge in [-0.1, -0.05) is 17.7 Å². The van der Waals surface area contributed by atoms with Crippen LogP contribution in [0, 0.1) is 12.3 Å². The molecule has 4 heteroatoms. The minimum atomic E-state index is -0.116. The summed E-state index contributed by atoms with van der Waals surface area (Å²) in [6.07, 6.45) is 0. The monoisotopic (exact) mass is 241 g/mol. The molecule has 1 aliphatic rings. The Kier molecular flexibility index (Phi) is 3.38. The molecule has 1 saturated heterocycles. The number of rotatable bonds is 4. The van der Waals surface area contributed by atoms with Crippen molar-refractivity contribution in [1.82, 2.24) is 0 Å².